The van der Waals surface area contributed by atoms with Gasteiger partial charge in [-0.25, -0.2) is 0 Å². The average molecular weight is 449 g/mol. The van der Waals surface area contributed by atoms with Gasteiger partial charge in [0.25, 0.3) is 0 Å². The average Bonchev–Trinajstić information content (AvgIpc) is 3.58. The number of rotatable bonds is 3. The minimum Gasteiger partial charge on any atom is -0.259 e. The molecule has 0 amide bonds. The third-order valence-electron chi connectivity index (χ3n) is 7.76. The number of hydrogen-bond acceptors (Lipinski definition) is 6. The molecule has 6 heteroatoms. The zero-order valence-electron chi connectivity index (χ0n) is 20.6. The van der Waals surface area contributed by atoms with Gasteiger partial charge in [-0.2, -0.15) is 0 Å². The summed E-state index contributed by atoms with van der Waals surface area (Å²) >= 11 is 0. The van der Waals surface area contributed by atoms with Crippen molar-refractivity contribution in [2.24, 2.45) is 30.0 Å². The lowest BCUT2D eigenvalue weighted by molar-refractivity contribution is 0.891. The van der Waals surface area contributed by atoms with Crippen molar-refractivity contribution in [1.29, 1.82) is 0 Å². The van der Waals surface area contributed by atoms with Gasteiger partial charge in [0.1, 0.15) is 20.0 Å². The van der Waals surface area contributed by atoms with Crippen molar-refractivity contribution in [3.63, 3.8) is 0 Å². The van der Waals surface area contributed by atoms with Crippen LogP contribution in [0.4, 0.5) is 0 Å². The number of benzene rings is 3. The minimum absolute atomic E-state index is 0.0831. The summed E-state index contributed by atoms with van der Waals surface area (Å²) in [4.78, 5) is 28.8. The lowest BCUT2D eigenvalue weighted by Gasteiger charge is -2.22. The van der Waals surface area contributed by atoms with Crippen LogP contribution in [0, 0.1) is 41.5 Å². The van der Waals surface area contributed by atoms with E-state index in [1.165, 1.54) is 50.1 Å². The van der Waals surface area contributed by atoms with Crippen molar-refractivity contribution >= 4 is 0 Å². The zero-order chi connectivity index (χ0) is 23.7. The molecular weight excluding hydrogens is 420 g/mol. The molecule has 0 spiro atoms. The second-order valence-electron chi connectivity index (χ2n) is 9.62. The number of nitrogens with zero attached hydrogens (tertiary/aromatic N) is 6. The molecule has 3 heterocycles. The molecule has 170 valence electrons. The van der Waals surface area contributed by atoms with E-state index in [9.17, 15) is 0 Å². The Balaban J connectivity index is 1.81. The highest BCUT2D eigenvalue weighted by Crippen LogP contribution is 2.29. The standard InChI is InChI=1S/C28H28N6/c1-13-7-19(26-23(16(13)4)29-10-32-26)22(20-8-14(2)17(5)24-27(20)33-11-30-24)21-9-15(3)18(6)25-28(21)34-12-31-25/h7-9,22H,10-12H2,1-6H3. The van der Waals surface area contributed by atoms with Gasteiger partial charge < -0.3 is 0 Å². The summed E-state index contributed by atoms with van der Waals surface area (Å²) < 4.78 is 0. The predicted octanol–water partition coefficient (Wildman–Crippen LogP) is 1.35. The zero-order valence-corrected chi connectivity index (χ0v) is 20.6. The summed E-state index contributed by atoms with van der Waals surface area (Å²) in [6.07, 6.45) is 0. The molecule has 0 bridgehead atoms. The number of fused-ring (bicyclic) bond motifs is 3. The van der Waals surface area contributed by atoms with Crippen molar-refractivity contribution in [2.45, 2.75) is 47.5 Å². The molecule has 3 aromatic carbocycles. The van der Waals surface area contributed by atoms with E-state index in [-0.39, 0.29) is 5.92 Å². The fourth-order valence-electron chi connectivity index (χ4n) is 5.50. The van der Waals surface area contributed by atoms with E-state index in [1.807, 2.05) is 0 Å². The molecule has 0 saturated heterocycles. The maximum absolute atomic E-state index is 4.87. The predicted molar refractivity (Wildman–Crippen MR) is 130 cm³/mol. The van der Waals surface area contributed by atoms with Gasteiger partial charge in [-0.1, -0.05) is 18.2 Å². The lowest BCUT2D eigenvalue weighted by atomic mass is 9.80. The van der Waals surface area contributed by atoms with Crippen LogP contribution in [-0.2, 0) is 0 Å². The minimum atomic E-state index is -0.0831. The fourth-order valence-corrected chi connectivity index (χ4v) is 5.50. The van der Waals surface area contributed by atoms with Crippen LogP contribution in [0.1, 0.15) is 56.0 Å². The van der Waals surface area contributed by atoms with Gasteiger partial charge in [0.2, 0.25) is 0 Å². The molecule has 0 fully saturated rings. The Bertz CT molecular complexity index is 1590. The summed E-state index contributed by atoms with van der Waals surface area (Å²) in [7, 11) is 0. The van der Waals surface area contributed by atoms with Crippen LogP contribution in [0.2, 0.25) is 0 Å². The monoisotopic (exact) mass is 448 g/mol. The summed E-state index contributed by atoms with van der Waals surface area (Å²) in [6, 6.07) is 6.89. The van der Waals surface area contributed by atoms with E-state index in [1.54, 1.807) is 0 Å². The maximum atomic E-state index is 4.87. The molecule has 3 aliphatic rings. The molecule has 0 radical (unpaired) electrons. The third-order valence-corrected chi connectivity index (χ3v) is 7.76. The van der Waals surface area contributed by atoms with E-state index in [2.05, 4.69) is 59.7 Å². The van der Waals surface area contributed by atoms with Crippen molar-refractivity contribution in [3.05, 3.63) is 100 Å². The molecule has 0 saturated carbocycles. The Labute approximate surface area is 198 Å². The van der Waals surface area contributed by atoms with Crippen LogP contribution in [0.3, 0.4) is 0 Å². The van der Waals surface area contributed by atoms with Gasteiger partial charge in [-0.3, -0.25) is 30.0 Å². The third kappa shape index (κ3) is 2.87. The van der Waals surface area contributed by atoms with Crippen LogP contribution in [0.25, 0.3) is 0 Å². The highest BCUT2D eigenvalue weighted by molar-refractivity contribution is 5.49. The van der Waals surface area contributed by atoms with Gasteiger partial charge >= 0.3 is 0 Å². The second kappa shape index (κ2) is 7.49. The SMILES string of the molecule is Cc1cc(C(c2cc(C)c(C)c3c2=NCN=3)c2cc(C)c(C)c3c2=NCN=3)c2c(c1C)=NCN=2. The molecule has 6 rings (SSSR count). The van der Waals surface area contributed by atoms with Gasteiger partial charge in [0.15, 0.2) is 0 Å². The van der Waals surface area contributed by atoms with E-state index in [0.717, 1.165) is 32.1 Å². The molecule has 0 atom stereocenters. The summed E-state index contributed by atoms with van der Waals surface area (Å²) in [5, 5.41) is 6.04. The van der Waals surface area contributed by atoms with Crippen molar-refractivity contribution in [3.8, 4) is 0 Å². The largest absolute Gasteiger partial charge is 0.259 e. The Kier molecular flexibility index (Phi) is 4.63. The molecular formula is C28H28N6. The van der Waals surface area contributed by atoms with Gasteiger partial charge in [0, 0.05) is 5.92 Å². The number of aryl methyl sites for hydroxylation is 3. The van der Waals surface area contributed by atoms with Crippen LogP contribution in [0.5, 0.6) is 0 Å². The summed E-state index contributed by atoms with van der Waals surface area (Å²) in [5.74, 6) is -0.0831. The molecule has 0 aliphatic carbocycles. The van der Waals surface area contributed by atoms with Crippen LogP contribution in [0.15, 0.2) is 48.2 Å². The molecule has 6 nitrogen and oxygen atoms in total. The fraction of sp³-hybridized carbons (Fsp3) is 0.357. The Morgan fingerprint density at radius 2 is 0.706 bits per heavy atom. The maximum Gasteiger partial charge on any atom is 0.130 e. The quantitative estimate of drug-likeness (QED) is 0.543. The normalized spacial score (nSPS) is 14.9. The van der Waals surface area contributed by atoms with E-state index < -0.39 is 0 Å². The van der Waals surface area contributed by atoms with Crippen LogP contribution in [-0.4, -0.2) is 20.0 Å². The molecule has 3 aliphatic heterocycles. The number of hydrogen-bond donors (Lipinski definition) is 0. The first-order valence-corrected chi connectivity index (χ1v) is 11.8. The molecule has 3 aromatic rings. The van der Waals surface area contributed by atoms with Gasteiger partial charge in [-0.05, 0) is 91.6 Å². The first kappa shape index (κ1) is 21.0. The highest BCUT2D eigenvalue weighted by atomic mass is 15.0. The van der Waals surface area contributed by atoms with Crippen molar-refractivity contribution in [2.75, 3.05) is 20.0 Å². The Morgan fingerprint density at radius 3 is 1.00 bits per heavy atom. The van der Waals surface area contributed by atoms with Crippen molar-refractivity contribution in [1.82, 2.24) is 0 Å². The lowest BCUT2D eigenvalue weighted by Crippen LogP contribution is -2.39. The molecule has 0 aromatic heterocycles. The topological polar surface area (TPSA) is 74.2 Å². The Morgan fingerprint density at radius 1 is 0.441 bits per heavy atom. The van der Waals surface area contributed by atoms with Gasteiger partial charge in [-0.15, -0.1) is 0 Å². The molecule has 0 unspecified atom stereocenters. The van der Waals surface area contributed by atoms with Crippen LogP contribution >= 0.6 is 0 Å². The van der Waals surface area contributed by atoms with E-state index in [4.69, 9.17) is 30.0 Å². The van der Waals surface area contributed by atoms with E-state index in [0.29, 0.717) is 20.0 Å². The van der Waals surface area contributed by atoms with E-state index >= 15 is 0 Å². The van der Waals surface area contributed by atoms with Crippen LogP contribution < -0.4 is 32.1 Å². The first-order chi connectivity index (χ1) is 16.4. The summed E-state index contributed by atoms with van der Waals surface area (Å²) in [5.41, 5.74) is 10.8. The Hall–Kier alpha value is -3.54. The highest BCUT2D eigenvalue weighted by Gasteiger charge is 2.28. The second-order valence-corrected chi connectivity index (χ2v) is 9.62. The first-order valence-electron chi connectivity index (χ1n) is 11.8. The van der Waals surface area contributed by atoms with Gasteiger partial charge in [0.05, 0.1) is 32.1 Å². The molecule has 0 N–H and O–H groups in total. The molecule has 34 heavy (non-hydrogen) atoms. The van der Waals surface area contributed by atoms with Crippen molar-refractivity contribution < 1.29 is 0 Å². The summed E-state index contributed by atoms with van der Waals surface area (Å²) in [6.45, 7) is 14.4. The smallest absolute Gasteiger partial charge is 0.130 e.